The van der Waals surface area contributed by atoms with Crippen molar-refractivity contribution in [1.29, 1.82) is 0 Å². The van der Waals surface area contributed by atoms with E-state index in [4.69, 9.17) is 14.5 Å². The van der Waals surface area contributed by atoms with Crippen molar-refractivity contribution < 1.29 is 48.3 Å². The molecule has 0 fully saturated rings. The van der Waals surface area contributed by atoms with Crippen molar-refractivity contribution in [2.24, 2.45) is 11.7 Å². The summed E-state index contributed by atoms with van der Waals surface area (Å²) < 4.78 is 88.3. The van der Waals surface area contributed by atoms with E-state index in [2.05, 4.69) is 19.5 Å². The number of aromatic nitrogens is 2. The molecule has 0 radical (unpaired) electrons. The van der Waals surface area contributed by atoms with Crippen LogP contribution in [0.15, 0.2) is 54.7 Å². The lowest BCUT2D eigenvalue weighted by Crippen LogP contribution is -2.48. The summed E-state index contributed by atoms with van der Waals surface area (Å²) in [6.07, 6.45) is -1.52. The lowest BCUT2D eigenvalue weighted by molar-refractivity contribution is -0.123. The van der Waals surface area contributed by atoms with Gasteiger partial charge in [0.2, 0.25) is 5.91 Å². The summed E-state index contributed by atoms with van der Waals surface area (Å²) in [7, 11) is -10.0. The number of para-hydroxylation sites is 2. The number of primary amides is 1. The average Bonchev–Trinajstić information content (AvgIpc) is 2.87. The van der Waals surface area contributed by atoms with Crippen LogP contribution < -0.4 is 11.1 Å². The van der Waals surface area contributed by atoms with Crippen LogP contribution in [-0.4, -0.2) is 65.5 Å². The number of hydrogen-bond donors (Lipinski definition) is 4. The van der Waals surface area contributed by atoms with Crippen LogP contribution in [0, 0.1) is 11.7 Å². The highest BCUT2D eigenvalue weighted by Gasteiger charge is 2.35. The van der Waals surface area contributed by atoms with Crippen LogP contribution in [0.1, 0.15) is 49.2 Å². The van der Waals surface area contributed by atoms with E-state index in [-0.39, 0.29) is 25.0 Å². The Hall–Kier alpha value is -3.61. The summed E-state index contributed by atoms with van der Waals surface area (Å²) in [4.78, 5) is 34.1. The summed E-state index contributed by atoms with van der Waals surface area (Å²) in [5.74, 6) is -3.58. The molecule has 0 aliphatic heterocycles. The molecule has 2 amide bonds. The van der Waals surface area contributed by atoms with E-state index in [0.29, 0.717) is 16.6 Å². The number of nitrogens with one attached hydrogen (secondary N) is 1. The fourth-order valence-corrected chi connectivity index (χ4v) is 5.61. The molecule has 5 N–H and O–H groups in total. The predicted molar refractivity (Wildman–Crippen MR) is 151 cm³/mol. The first-order valence-corrected chi connectivity index (χ1v) is 15.5. The summed E-state index contributed by atoms with van der Waals surface area (Å²) in [5, 5.41) is 2.58. The topological polar surface area (TPSA) is 225 Å². The molecule has 2 aromatic carbocycles. The van der Waals surface area contributed by atoms with E-state index in [1.807, 2.05) is 0 Å². The summed E-state index contributed by atoms with van der Waals surface area (Å²) in [6.45, 7) is 2.64. The number of nitrogens with zero attached hydrogens (tertiary/aromatic N) is 2. The molecular formula is C26H31FN4O10S2. The van der Waals surface area contributed by atoms with Crippen molar-refractivity contribution >= 4 is 43.6 Å². The normalized spacial score (nSPS) is 14.6. The highest BCUT2D eigenvalue weighted by atomic mass is 32.3. The molecule has 0 saturated heterocycles. The number of carbonyl (C=O) groups excluding carboxylic acids is 2. The van der Waals surface area contributed by atoms with Gasteiger partial charge in [0.15, 0.2) is 0 Å². The third-order valence-corrected chi connectivity index (χ3v) is 7.53. The van der Waals surface area contributed by atoms with E-state index in [9.17, 15) is 35.4 Å². The molecule has 3 rings (SSSR count). The number of fused-ring (bicyclic) bond motifs is 1. The maximum Gasteiger partial charge on any atom is 0.397 e. The van der Waals surface area contributed by atoms with Crippen LogP contribution in [0.5, 0.6) is 0 Å². The monoisotopic (exact) mass is 642 g/mol. The van der Waals surface area contributed by atoms with Crippen molar-refractivity contribution in [2.75, 3.05) is 0 Å². The molecular weight excluding hydrogens is 611 g/mol. The summed E-state index contributed by atoms with van der Waals surface area (Å²) in [6, 6.07) is 10.6. The minimum absolute atomic E-state index is 0.149. The van der Waals surface area contributed by atoms with Crippen molar-refractivity contribution in [3.05, 3.63) is 71.8 Å². The first kappa shape index (κ1) is 33.9. The average molecular weight is 643 g/mol. The van der Waals surface area contributed by atoms with Gasteiger partial charge in [-0.1, -0.05) is 24.3 Å². The Kier molecular flexibility index (Phi) is 10.9. The van der Waals surface area contributed by atoms with Gasteiger partial charge in [-0.15, -0.1) is 0 Å². The molecule has 0 aliphatic carbocycles. The summed E-state index contributed by atoms with van der Waals surface area (Å²) in [5.41, 5.74) is 5.11. The second kappa shape index (κ2) is 13.8. The molecule has 3 aromatic rings. The van der Waals surface area contributed by atoms with Crippen molar-refractivity contribution in [1.82, 2.24) is 15.3 Å². The van der Waals surface area contributed by atoms with Crippen LogP contribution in [0.3, 0.4) is 0 Å². The zero-order valence-electron chi connectivity index (χ0n) is 23.1. The first-order chi connectivity index (χ1) is 19.9. The fraction of sp³-hybridized carbons (Fsp3) is 0.385. The van der Waals surface area contributed by atoms with Gasteiger partial charge in [0.05, 0.1) is 28.9 Å². The lowest BCUT2D eigenvalue weighted by atomic mass is 9.87. The number of nitrogens with two attached hydrogens (primary N) is 1. The van der Waals surface area contributed by atoms with Gasteiger partial charge in [-0.25, -0.2) is 17.7 Å². The zero-order chi connectivity index (χ0) is 32.0. The van der Waals surface area contributed by atoms with Crippen LogP contribution in [0.4, 0.5) is 4.39 Å². The van der Waals surface area contributed by atoms with Crippen LogP contribution >= 0.6 is 0 Å². The van der Waals surface area contributed by atoms with Gasteiger partial charge in [0.1, 0.15) is 17.6 Å². The van der Waals surface area contributed by atoms with Crippen molar-refractivity contribution in [3.8, 4) is 0 Å². The number of amides is 2. The predicted octanol–water partition coefficient (Wildman–Crippen LogP) is 2.17. The molecule has 0 unspecified atom stereocenters. The maximum atomic E-state index is 14.0. The third-order valence-electron chi connectivity index (χ3n) is 6.38. The molecule has 43 heavy (non-hydrogen) atoms. The van der Waals surface area contributed by atoms with E-state index in [1.54, 1.807) is 24.3 Å². The van der Waals surface area contributed by atoms with Crippen LogP contribution in [0.25, 0.3) is 11.0 Å². The first-order valence-electron chi connectivity index (χ1n) is 12.8. The Morgan fingerprint density at radius 2 is 1.72 bits per heavy atom. The van der Waals surface area contributed by atoms with E-state index in [0.717, 1.165) is 6.07 Å². The smallest absolute Gasteiger partial charge is 0.369 e. The minimum Gasteiger partial charge on any atom is -0.369 e. The zero-order valence-corrected chi connectivity index (χ0v) is 24.7. The number of halogens is 1. The van der Waals surface area contributed by atoms with E-state index < -0.39 is 68.5 Å². The van der Waals surface area contributed by atoms with Crippen LogP contribution in [0.2, 0.25) is 0 Å². The molecule has 1 heterocycles. The number of hydrogen-bond acceptors (Lipinski definition) is 10. The van der Waals surface area contributed by atoms with Gasteiger partial charge in [-0.3, -0.25) is 23.7 Å². The molecule has 3 atom stereocenters. The minimum atomic E-state index is -5.18. The van der Waals surface area contributed by atoms with E-state index >= 15 is 0 Å². The third kappa shape index (κ3) is 11.2. The van der Waals surface area contributed by atoms with Gasteiger partial charge in [0, 0.05) is 5.92 Å². The molecule has 0 spiro atoms. The second-order valence-electron chi connectivity index (χ2n) is 10.4. The lowest BCUT2D eigenvalue weighted by Gasteiger charge is -2.30. The largest absolute Gasteiger partial charge is 0.397 e. The van der Waals surface area contributed by atoms with Crippen molar-refractivity contribution in [2.45, 2.75) is 57.3 Å². The standard InChI is InChI=1S/C26H31FN4O10S2/c1-26(2,41-43(37,38)39)11-10-17(24(28)32)14-23(40-42(34,35)36)21(13-16-6-5-7-18(27)12-16)31-25(33)22-15-29-19-8-3-4-9-20(19)30-22/h3-9,12,15,17,21,23H,10-11,13-14H2,1-2H3,(H2,28,32)(H,31,33)(H,34,35,36)(H,37,38,39)/t17-,21+,23+/m1/s1. The highest BCUT2D eigenvalue weighted by molar-refractivity contribution is 7.81. The van der Waals surface area contributed by atoms with Crippen molar-refractivity contribution in [3.63, 3.8) is 0 Å². The van der Waals surface area contributed by atoms with Gasteiger partial charge in [-0.05, 0) is 69.4 Å². The number of benzene rings is 2. The second-order valence-corrected chi connectivity index (χ2v) is 12.4. The molecule has 234 valence electrons. The quantitative estimate of drug-likeness (QED) is 0.175. The Bertz CT molecular complexity index is 1690. The molecule has 17 heteroatoms. The molecule has 0 saturated carbocycles. The molecule has 0 bridgehead atoms. The number of carbonyl (C=O) groups is 2. The van der Waals surface area contributed by atoms with Crippen LogP contribution in [-0.2, 0) is 40.4 Å². The van der Waals surface area contributed by atoms with Gasteiger partial charge in [-0.2, -0.15) is 16.8 Å². The highest BCUT2D eigenvalue weighted by Crippen LogP contribution is 2.27. The molecule has 0 aliphatic rings. The Morgan fingerprint density at radius 1 is 1.05 bits per heavy atom. The van der Waals surface area contributed by atoms with Gasteiger partial charge >= 0.3 is 20.8 Å². The van der Waals surface area contributed by atoms with Gasteiger partial charge in [0.25, 0.3) is 5.91 Å². The number of rotatable bonds is 15. The SMILES string of the molecule is CC(C)(CC[C@H](C[C@H](OS(=O)(=O)O)[C@H](Cc1cccc(F)c1)NC(=O)c1cnc2ccccc2n1)C(N)=O)OS(=O)(=O)O. The fourth-order valence-electron chi connectivity index (χ4n) is 4.43. The Labute approximate surface area is 247 Å². The van der Waals surface area contributed by atoms with E-state index in [1.165, 1.54) is 38.2 Å². The van der Waals surface area contributed by atoms with Gasteiger partial charge < -0.3 is 11.1 Å². The molecule has 14 nitrogen and oxygen atoms in total. The maximum absolute atomic E-state index is 14.0. The summed E-state index contributed by atoms with van der Waals surface area (Å²) >= 11 is 0. The Balaban J connectivity index is 1.96. The molecule has 1 aromatic heterocycles. The Morgan fingerprint density at radius 3 is 2.33 bits per heavy atom.